The van der Waals surface area contributed by atoms with Crippen LogP contribution in [0.1, 0.15) is 17.0 Å². The van der Waals surface area contributed by atoms with Crippen molar-refractivity contribution >= 4 is 17.4 Å². The van der Waals surface area contributed by atoms with E-state index in [2.05, 4.69) is 16.2 Å². The first-order valence-electron chi connectivity index (χ1n) is 7.77. The molecule has 0 aliphatic carbocycles. The summed E-state index contributed by atoms with van der Waals surface area (Å²) in [6.45, 7) is 2.20. The van der Waals surface area contributed by atoms with Crippen LogP contribution in [0, 0.1) is 19.3 Å². The van der Waals surface area contributed by atoms with Gasteiger partial charge in [0.05, 0.1) is 17.8 Å². The zero-order chi connectivity index (χ0) is 17.8. The minimum Gasteiger partial charge on any atom is -0.485 e. The number of anilines is 1. The quantitative estimate of drug-likeness (QED) is 0.704. The molecular weight excluding hydrogens is 316 g/mol. The molecule has 126 valence electrons. The summed E-state index contributed by atoms with van der Waals surface area (Å²) < 4.78 is 7.89. The molecular formula is C19H18N4O2. The highest BCUT2D eigenvalue weighted by Crippen LogP contribution is 2.24. The monoisotopic (exact) mass is 334 g/mol. The minimum absolute atomic E-state index is 0.270. The van der Waals surface area contributed by atoms with Gasteiger partial charge in [0, 0.05) is 17.4 Å². The molecule has 0 saturated heterocycles. The standard InChI is InChI=1S/C19H18N4O2/c1-3-7-16-13(2)21-18-17(10-6-11-23(16)18)25-12-14-8-4-5-9-15(14)22-19(20)24/h1,4-6,8-11H,7,12H2,2H3,(H3,20,22,24). The first-order valence-corrected chi connectivity index (χ1v) is 7.77. The van der Waals surface area contributed by atoms with Gasteiger partial charge in [0.1, 0.15) is 6.61 Å². The topological polar surface area (TPSA) is 81.7 Å². The molecule has 0 unspecified atom stereocenters. The van der Waals surface area contributed by atoms with Crippen molar-refractivity contribution < 1.29 is 9.53 Å². The van der Waals surface area contributed by atoms with Crippen LogP contribution in [-0.4, -0.2) is 15.4 Å². The average molecular weight is 334 g/mol. The number of rotatable bonds is 5. The van der Waals surface area contributed by atoms with Crippen LogP contribution in [0.2, 0.25) is 0 Å². The van der Waals surface area contributed by atoms with Gasteiger partial charge < -0.3 is 15.8 Å². The number of pyridine rings is 1. The normalized spacial score (nSPS) is 10.4. The van der Waals surface area contributed by atoms with E-state index in [0.717, 1.165) is 17.0 Å². The zero-order valence-electron chi connectivity index (χ0n) is 13.8. The Morgan fingerprint density at radius 3 is 2.92 bits per heavy atom. The second kappa shape index (κ2) is 6.97. The molecule has 2 heterocycles. The Labute approximate surface area is 145 Å². The van der Waals surface area contributed by atoms with Gasteiger partial charge >= 0.3 is 6.03 Å². The van der Waals surface area contributed by atoms with Crippen molar-refractivity contribution in [2.75, 3.05) is 5.32 Å². The highest BCUT2D eigenvalue weighted by molar-refractivity contribution is 5.88. The summed E-state index contributed by atoms with van der Waals surface area (Å²) in [6.07, 6.45) is 7.86. The van der Waals surface area contributed by atoms with E-state index in [9.17, 15) is 4.79 Å². The highest BCUT2D eigenvalue weighted by atomic mass is 16.5. The van der Waals surface area contributed by atoms with E-state index in [1.54, 1.807) is 6.07 Å². The van der Waals surface area contributed by atoms with E-state index < -0.39 is 6.03 Å². The van der Waals surface area contributed by atoms with E-state index in [4.69, 9.17) is 16.9 Å². The van der Waals surface area contributed by atoms with Crippen LogP contribution >= 0.6 is 0 Å². The summed E-state index contributed by atoms with van der Waals surface area (Å²) in [6, 6.07) is 10.5. The Morgan fingerprint density at radius 1 is 1.36 bits per heavy atom. The predicted molar refractivity (Wildman–Crippen MR) is 96.4 cm³/mol. The Hall–Kier alpha value is -3.46. The maximum atomic E-state index is 11.1. The number of benzene rings is 1. The largest absolute Gasteiger partial charge is 0.485 e. The van der Waals surface area contributed by atoms with E-state index >= 15 is 0 Å². The second-order valence-corrected chi connectivity index (χ2v) is 5.53. The van der Waals surface area contributed by atoms with Crippen LogP contribution < -0.4 is 15.8 Å². The first-order chi connectivity index (χ1) is 12.1. The summed E-state index contributed by atoms with van der Waals surface area (Å²) >= 11 is 0. The van der Waals surface area contributed by atoms with Crippen molar-refractivity contribution in [1.29, 1.82) is 0 Å². The van der Waals surface area contributed by atoms with Gasteiger partial charge in [-0.2, -0.15) is 0 Å². The molecule has 0 spiro atoms. The third-order valence-corrected chi connectivity index (χ3v) is 3.84. The number of urea groups is 1. The molecule has 0 aliphatic rings. The van der Waals surface area contributed by atoms with Gasteiger partial charge in [0.25, 0.3) is 0 Å². The molecule has 0 radical (unpaired) electrons. The maximum Gasteiger partial charge on any atom is 0.316 e. The van der Waals surface area contributed by atoms with Crippen molar-refractivity contribution in [2.45, 2.75) is 20.0 Å². The molecule has 0 saturated carbocycles. The van der Waals surface area contributed by atoms with Gasteiger partial charge in [-0.3, -0.25) is 4.40 Å². The third kappa shape index (κ3) is 3.40. The van der Waals surface area contributed by atoms with Crippen LogP contribution in [-0.2, 0) is 13.0 Å². The maximum absolute atomic E-state index is 11.1. The number of nitrogens with one attached hydrogen (secondary N) is 1. The first kappa shape index (κ1) is 16.4. The molecule has 3 N–H and O–H groups in total. The van der Waals surface area contributed by atoms with E-state index in [1.807, 2.05) is 47.9 Å². The molecule has 2 aromatic heterocycles. The van der Waals surface area contributed by atoms with Crippen molar-refractivity contribution in [3.63, 3.8) is 0 Å². The van der Waals surface area contributed by atoms with Crippen molar-refractivity contribution in [3.8, 4) is 18.1 Å². The van der Waals surface area contributed by atoms with Crippen LogP contribution in [0.3, 0.4) is 0 Å². The SMILES string of the molecule is C#CCc1c(C)nc2c(OCc3ccccc3NC(N)=O)cccn12. The van der Waals surface area contributed by atoms with Gasteiger partial charge in [-0.05, 0) is 25.1 Å². The number of ether oxygens (including phenoxy) is 1. The molecule has 1 aromatic carbocycles. The number of fused-ring (bicyclic) bond motifs is 1. The van der Waals surface area contributed by atoms with E-state index in [1.165, 1.54) is 0 Å². The average Bonchev–Trinajstić information content (AvgIpc) is 2.90. The lowest BCUT2D eigenvalue weighted by Gasteiger charge is -2.11. The molecule has 0 aliphatic heterocycles. The number of nitrogens with zero attached hydrogens (tertiary/aromatic N) is 2. The van der Waals surface area contributed by atoms with Crippen molar-refractivity contribution in [1.82, 2.24) is 9.38 Å². The summed E-state index contributed by atoms with van der Waals surface area (Å²) in [7, 11) is 0. The number of imidazole rings is 1. The fraction of sp³-hybridized carbons (Fsp3) is 0.158. The molecule has 0 bridgehead atoms. The van der Waals surface area contributed by atoms with Crippen LogP contribution in [0.5, 0.6) is 5.75 Å². The lowest BCUT2D eigenvalue weighted by Crippen LogP contribution is -2.20. The molecule has 6 heteroatoms. The smallest absolute Gasteiger partial charge is 0.316 e. The Balaban J connectivity index is 1.89. The number of para-hydroxylation sites is 1. The Morgan fingerprint density at radius 2 is 2.16 bits per heavy atom. The van der Waals surface area contributed by atoms with Crippen LogP contribution in [0.25, 0.3) is 5.65 Å². The summed E-state index contributed by atoms with van der Waals surface area (Å²) in [4.78, 5) is 15.7. The summed E-state index contributed by atoms with van der Waals surface area (Å²) in [5.74, 6) is 3.29. The van der Waals surface area contributed by atoms with Gasteiger partial charge in [-0.15, -0.1) is 12.3 Å². The summed E-state index contributed by atoms with van der Waals surface area (Å²) in [5, 5.41) is 2.59. The number of nitrogens with two attached hydrogens (primary N) is 1. The number of carbonyl (C=O) groups excluding carboxylic acids is 1. The molecule has 3 aromatic rings. The lowest BCUT2D eigenvalue weighted by atomic mass is 10.2. The third-order valence-electron chi connectivity index (χ3n) is 3.84. The van der Waals surface area contributed by atoms with Crippen LogP contribution in [0.15, 0.2) is 42.6 Å². The Kier molecular flexibility index (Phi) is 4.57. The number of amides is 2. The molecule has 2 amide bonds. The fourth-order valence-corrected chi connectivity index (χ4v) is 2.68. The fourth-order valence-electron chi connectivity index (χ4n) is 2.68. The number of terminal acetylenes is 1. The molecule has 3 rings (SSSR count). The second-order valence-electron chi connectivity index (χ2n) is 5.53. The number of primary amides is 1. The highest BCUT2D eigenvalue weighted by Gasteiger charge is 2.12. The van der Waals surface area contributed by atoms with Gasteiger partial charge in [0.2, 0.25) is 0 Å². The molecule has 25 heavy (non-hydrogen) atoms. The lowest BCUT2D eigenvalue weighted by molar-refractivity contribution is 0.259. The number of hydrogen-bond donors (Lipinski definition) is 2. The van der Waals surface area contributed by atoms with Crippen molar-refractivity contribution in [2.24, 2.45) is 5.73 Å². The van der Waals surface area contributed by atoms with E-state index in [0.29, 0.717) is 23.5 Å². The number of carbonyl (C=O) groups is 1. The van der Waals surface area contributed by atoms with Crippen LogP contribution in [0.4, 0.5) is 10.5 Å². The predicted octanol–water partition coefficient (Wildman–Crippen LogP) is 2.89. The van der Waals surface area contributed by atoms with E-state index in [-0.39, 0.29) is 6.61 Å². The van der Waals surface area contributed by atoms with Gasteiger partial charge in [-0.1, -0.05) is 18.2 Å². The molecule has 0 fully saturated rings. The molecule has 6 nitrogen and oxygen atoms in total. The minimum atomic E-state index is -0.614. The Bertz CT molecular complexity index is 969. The molecule has 0 atom stereocenters. The van der Waals surface area contributed by atoms with Gasteiger partial charge in [-0.25, -0.2) is 9.78 Å². The summed E-state index contributed by atoms with van der Waals surface area (Å²) in [5.41, 5.74) is 9.20. The van der Waals surface area contributed by atoms with Gasteiger partial charge in [0.15, 0.2) is 11.4 Å². The zero-order valence-corrected chi connectivity index (χ0v) is 13.8. The number of aromatic nitrogens is 2. The van der Waals surface area contributed by atoms with Crippen molar-refractivity contribution in [3.05, 3.63) is 59.5 Å². The number of hydrogen-bond acceptors (Lipinski definition) is 3. The number of aryl methyl sites for hydroxylation is 1.